The Balaban J connectivity index is 2.56. The molecule has 2 rings (SSSR count). The third-order valence-corrected chi connectivity index (χ3v) is 5.74. The predicted octanol–water partition coefficient (Wildman–Crippen LogP) is 4.84. The van der Waals surface area contributed by atoms with E-state index in [1.54, 1.807) is 0 Å². The Morgan fingerprint density at radius 2 is 1.16 bits per heavy atom. The van der Waals surface area contributed by atoms with E-state index in [9.17, 15) is 5.11 Å². The van der Waals surface area contributed by atoms with Crippen LogP contribution in [0.1, 0.15) is 72.1 Å². The molecule has 1 fully saturated rings. The Labute approximate surface area is 118 Å². The van der Waals surface area contributed by atoms with E-state index in [1.807, 2.05) is 0 Å². The van der Waals surface area contributed by atoms with E-state index in [0.717, 1.165) is 12.8 Å². The van der Waals surface area contributed by atoms with Crippen molar-refractivity contribution >= 4 is 0 Å². The zero-order valence-electron chi connectivity index (χ0n) is 13.4. The lowest BCUT2D eigenvalue weighted by Gasteiger charge is -2.34. The number of aliphatic hydroxyl groups excluding tert-OH is 1. The zero-order chi connectivity index (χ0) is 14.4. The second kappa shape index (κ2) is 4.94. The zero-order valence-corrected chi connectivity index (χ0v) is 13.4. The Morgan fingerprint density at radius 3 is 1.58 bits per heavy atom. The topological polar surface area (TPSA) is 20.2 Å². The minimum absolute atomic E-state index is 0.0731. The summed E-state index contributed by atoms with van der Waals surface area (Å²) in [6.45, 7) is 13.2. The smallest absolute Gasteiger partial charge is 0.0848 e. The summed E-state index contributed by atoms with van der Waals surface area (Å²) in [6.07, 6.45) is 4.51. The fourth-order valence-electron chi connectivity index (χ4n) is 3.74. The lowest BCUT2D eigenvalue weighted by Crippen LogP contribution is -2.24. The van der Waals surface area contributed by atoms with Gasteiger partial charge in [-0.05, 0) is 86.3 Å². The van der Waals surface area contributed by atoms with Crippen molar-refractivity contribution < 1.29 is 5.11 Å². The van der Waals surface area contributed by atoms with Gasteiger partial charge in [0.2, 0.25) is 0 Å². The van der Waals surface area contributed by atoms with Crippen molar-refractivity contribution in [3.05, 3.63) is 33.4 Å². The molecule has 1 aliphatic carbocycles. The van der Waals surface area contributed by atoms with Crippen LogP contribution in [0.15, 0.2) is 0 Å². The van der Waals surface area contributed by atoms with Crippen LogP contribution in [-0.4, -0.2) is 5.11 Å². The van der Waals surface area contributed by atoms with Crippen LogP contribution in [0.25, 0.3) is 0 Å². The predicted molar refractivity (Wildman–Crippen MR) is 81.7 cm³/mol. The minimum atomic E-state index is -0.312. The molecule has 0 heterocycles. The molecule has 1 aromatic carbocycles. The maximum absolute atomic E-state index is 11.0. The van der Waals surface area contributed by atoms with E-state index < -0.39 is 0 Å². The number of aliphatic hydroxyl groups is 1. The maximum Gasteiger partial charge on any atom is 0.0848 e. The molecule has 0 radical (unpaired) electrons. The van der Waals surface area contributed by atoms with Crippen molar-refractivity contribution in [1.82, 2.24) is 0 Å². The van der Waals surface area contributed by atoms with Gasteiger partial charge in [0, 0.05) is 0 Å². The molecule has 0 spiro atoms. The van der Waals surface area contributed by atoms with Crippen molar-refractivity contribution in [2.45, 2.75) is 73.3 Å². The molecule has 1 unspecified atom stereocenters. The van der Waals surface area contributed by atoms with E-state index in [-0.39, 0.29) is 11.5 Å². The number of benzene rings is 1. The van der Waals surface area contributed by atoms with Crippen molar-refractivity contribution in [2.75, 3.05) is 0 Å². The van der Waals surface area contributed by atoms with Gasteiger partial charge in [-0.1, -0.05) is 19.8 Å². The molecule has 106 valence electrons. The van der Waals surface area contributed by atoms with Gasteiger partial charge in [-0.25, -0.2) is 0 Å². The first-order chi connectivity index (χ1) is 8.79. The van der Waals surface area contributed by atoms with Crippen molar-refractivity contribution in [1.29, 1.82) is 0 Å². The van der Waals surface area contributed by atoms with Gasteiger partial charge in [-0.15, -0.1) is 0 Å². The van der Waals surface area contributed by atoms with E-state index in [4.69, 9.17) is 0 Å². The van der Waals surface area contributed by atoms with Crippen LogP contribution < -0.4 is 0 Å². The first-order valence-corrected chi connectivity index (χ1v) is 7.54. The average Bonchev–Trinajstić information content (AvgIpc) is 2.82. The number of hydrogen-bond donors (Lipinski definition) is 1. The molecular weight excluding hydrogens is 232 g/mol. The summed E-state index contributed by atoms with van der Waals surface area (Å²) in [6, 6.07) is 0. The molecule has 1 nitrogen and oxygen atoms in total. The molecule has 0 aliphatic heterocycles. The molecule has 1 aromatic rings. The second-order valence-corrected chi connectivity index (χ2v) is 6.80. The van der Waals surface area contributed by atoms with E-state index >= 15 is 0 Å². The van der Waals surface area contributed by atoms with Gasteiger partial charge in [-0.2, -0.15) is 0 Å². The summed E-state index contributed by atoms with van der Waals surface area (Å²) in [5.41, 5.74) is 7.93. The highest BCUT2D eigenvalue weighted by atomic mass is 16.3. The molecule has 0 aromatic heterocycles. The van der Waals surface area contributed by atoms with Crippen LogP contribution in [0.5, 0.6) is 0 Å². The van der Waals surface area contributed by atoms with Crippen LogP contribution in [0.3, 0.4) is 0 Å². The lowest BCUT2D eigenvalue weighted by atomic mass is 9.75. The molecular formula is C18H28O. The molecule has 0 bridgehead atoms. The van der Waals surface area contributed by atoms with Crippen LogP contribution in [-0.2, 0) is 0 Å². The van der Waals surface area contributed by atoms with Gasteiger partial charge in [0.25, 0.3) is 0 Å². The summed E-state index contributed by atoms with van der Waals surface area (Å²) in [7, 11) is 0. The monoisotopic (exact) mass is 260 g/mol. The third kappa shape index (κ3) is 2.23. The van der Waals surface area contributed by atoms with Gasteiger partial charge in [0.1, 0.15) is 0 Å². The Hall–Kier alpha value is -0.820. The quantitative estimate of drug-likeness (QED) is 0.806. The van der Waals surface area contributed by atoms with Gasteiger partial charge in [0.05, 0.1) is 6.10 Å². The first kappa shape index (κ1) is 14.6. The second-order valence-electron chi connectivity index (χ2n) is 6.80. The summed E-state index contributed by atoms with van der Waals surface area (Å²) in [5.74, 6) is 0. The highest BCUT2D eigenvalue weighted by Gasteiger charge is 2.38. The Morgan fingerprint density at radius 1 is 0.789 bits per heavy atom. The standard InChI is InChI=1S/C18H28O/c1-11-12(2)14(4)16(15(5)13(11)3)17(19)18(6)9-7-8-10-18/h17,19H,7-10H2,1-6H3. The van der Waals surface area contributed by atoms with Gasteiger partial charge < -0.3 is 5.11 Å². The summed E-state index contributed by atoms with van der Waals surface area (Å²) in [4.78, 5) is 0. The van der Waals surface area contributed by atoms with Crippen LogP contribution >= 0.6 is 0 Å². The van der Waals surface area contributed by atoms with Crippen LogP contribution in [0.2, 0.25) is 0 Å². The van der Waals surface area contributed by atoms with Crippen molar-refractivity contribution in [3.63, 3.8) is 0 Å². The fraction of sp³-hybridized carbons (Fsp3) is 0.667. The van der Waals surface area contributed by atoms with Crippen LogP contribution in [0, 0.1) is 40.0 Å². The normalized spacial score (nSPS) is 19.7. The fourth-order valence-corrected chi connectivity index (χ4v) is 3.74. The molecule has 1 N–H and O–H groups in total. The number of hydrogen-bond acceptors (Lipinski definition) is 1. The van der Waals surface area contributed by atoms with Gasteiger partial charge in [0.15, 0.2) is 0 Å². The largest absolute Gasteiger partial charge is 0.388 e. The van der Waals surface area contributed by atoms with E-state index in [0.29, 0.717) is 0 Å². The van der Waals surface area contributed by atoms with Gasteiger partial charge in [-0.3, -0.25) is 0 Å². The lowest BCUT2D eigenvalue weighted by molar-refractivity contribution is 0.0397. The van der Waals surface area contributed by atoms with Gasteiger partial charge >= 0.3 is 0 Å². The summed E-state index contributed by atoms with van der Waals surface area (Å²) < 4.78 is 0. The molecule has 1 saturated carbocycles. The summed E-state index contributed by atoms with van der Waals surface area (Å²) in [5, 5.41) is 11.0. The number of rotatable bonds is 2. The van der Waals surface area contributed by atoms with Crippen molar-refractivity contribution in [2.24, 2.45) is 5.41 Å². The first-order valence-electron chi connectivity index (χ1n) is 7.54. The molecule has 0 saturated heterocycles. The average molecular weight is 260 g/mol. The molecule has 1 aliphatic rings. The molecule has 0 amide bonds. The SMILES string of the molecule is Cc1c(C)c(C)c(C(O)C2(C)CCCC2)c(C)c1C. The van der Waals surface area contributed by atoms with Crippen LogP contribution in [0.4, 0.5) is 0 Å². The highest BCUT2D eigenvalue weighted by molar-refractivity contribution is 5.50. The maximum atomic E-state index is 11.0. The van der Waals surface area contributed by atoms with E-state index in [1.165, 1.54) is 46.2 Å². The van der Waals surface area contributed by atoms with Crippen molar-refractivity contribution in [3.8, 4) is 0 Å². The third-order valence-electron chi connectivity index (χ3n) is 5.74. The molecule has 1 heteroatoms. The molecule has 1 atom stereocenters. The van der Waals surface area contributed by atoms with E-state index in [2.05, 4.69) is 41.5 Å². The Kier molecular flexibility index (Phi) is 3.79. The minimum Gasteiger partial charge on any atom is -0.388 e. The Bertz CT molecular complexity index is 464. The highest BCUT2D eigenvalue weighted by Crippen LogP contribution is 2.49. The molecule has 19 heavy (non-hydrogen) atoms. The summed E-state index contributed by atoms with van der Waals surface area (Å²) >= 11 is 0.